The molecule has 1 aromatic carbocycles. The first-order valence-corrected chi connectivity index (χ1v) is 7.93. The lowest BCUT2D eigenvalue weighted by Gasteiger charge is -2.13. The summed E-state index contributed by atoms with van der Waals surface area (Å²) in [5.41, 5.74) is 1.04. The largest absolute Gasteiger partial charge is 0.313 e. The molecule has 0 saturated heterocycles. The first-order valence-electron chi connectivity index (χ1n) is 6.11. The van der Waals surface area contributed by atoms with Crippen LogP contribution >= 0.6 is 0 Å². The second-order valence-corrected chi connectivity index (χ2v) is 6.83. The predicted molar refractivity (Wildman–Crippen MR) is 71.9 cm³/mol. The highest BCUT2D eigenvalue weighted by molar-refractivity contribution is 7.91. The van der Waals surface area contributed by atoms with Crippen LogP contribution in [-0.2, 0) is 16.3 Å². The molecule has 102 valence electrons. The van der Waals surface area contributed by atoms with E-state index in [2.05, 4.69) is 5.32 Å². The van der Waals surface area contributed by atoms with Crippen molar-refractivity contribution in [1.82, 2.24) is 5.32 Å². The third-order valence-corrected chi connectivity index (χ3v) is 4.65. The summed E-state index contributed by atoms with van der Waals surface area (Å²) < 4.78 is 35.5. The minimum atomic E-state index is -2.93. The molecule has 1 rings (SSSR count). The van der Waals surface area contributed by atoms with Crippen LogP contribution < -0.4 is 5.32 Å². The van der Waals surface area contributed by atoms with Gasteiger partial charge in [-0.3, -0.25) is 0 Å². The third-order valence-electron chi connectivity index (χ3n) is 2.76. The fraction of sp³-hybridized carbons (Fsp3) is 0.538. The van der Waals surface area contributed by atoms with Crippen molar-refractivity contribution in [2.45, 2.75) is 26.3 Å². The van der Waals surface area contributed by atoms with Gasteiger partial charge in [0, 0.05) is 11.8 Å². The molecule has 0 aliphatic carbocycles. The quantitative estimate of drug-likeness (QED) is 0.823. The number of hydrogen-bond donors (Lipinski definition) is 1. The highest BCUT2D eigenvalue weighted by Gasteiger charge is 2.12. The van der Waals surface area contributed by atoms with Crippen molar-refractivity contribution >= 4 is 9.84 Å². The summed E-state index contributed by atoms with van der Waals surface area (Å²) in [7, 11) is -2.93. The van der Waals surface area contributed by atoms with Crippen LogP contribution in [-0.4, -0.2) is 32.5 Å². The van der Waals surface area contributed by atoms with Crippen LogP contribution in [0, 0.1) is 5.82 Å². The minimum absolute atomic E-state index is 0.0598. The zero-order valence-electron chi connectivity index (χ0n) is 10.8. The topological polar surface area (TPSA) is 46.2 Å². The Morgan fingerprint density at radius 1 is 1.28 bits per heavy atom. The summed E-state index contributed by atoms with van der Waals surface area (Å²) in [6, 6.07) is 6.28. The molecule has 0 heterocycles. The molecule has 0 bridgehead atoms. The summed E-state index contributed by atoms with van der Waals surface area (Å²) in [4.78, 5) is 0. The standard InChI is InChI=1S/C13H20FNO2S/c1-3-18(16,17)10-11(2)15-9-8-12-4-6-13(14)7-5-12/h4-7,11,15H,3,8-10H2,1-2H3. The zero-order chi connectivity index (χ0) is 13.6. The Morgan fingerprint density at radius 2 is 1.89 bits per heavy atom. The van der Waals surface area contributed by atoms with Crippen LogP contribution in [0.15, 0.2) is 24.3 Å². The second-order valence-electron chi connectivity index (χ2n) is 4.43. The number of benzene rings is 1. The van der Waals surface area contributed by atoms with Crippen molar-refractivity contribution in [3.8, 4) is 0 Å². The Bertz CT molecular complexity index is 456. The van der Waals surface area contributed by atoms with Gasteiger partial charge in [-0.05, 0) is 37.6 Å². The molecule has 1 unspecified atom stereocenters. The number of nitrogens with one attached hydrogen (secondary N) is 1. The summed E-state index contributed by atoms with van der Waals surface area (Å²) in [5, 5.41) is 3.16. The zero-order valence-corrected chi connectivity index (χ0v) is 11.6. The van der Waals surface area contributed by atoms with Crippen LogP contribution in [0.1, 0.15) is 19.4 Å². The molecule has 0 aliphatic heterocycles. The monoisotopic (exact) mass is 273 g/mol. The molecule has 0 radical (unpaired) electrons. The van der Waals surface area contributed by atoms with Crippen LogP contribution in [0.2, 0.25) is 0 Å². The van der Waals surface area contributed by atoms with Gasteiger partial charge in [0.1, 0.15) is 5.82 Å². The van der Waals surface area contributed by atoms with E-state index < -0.39 is 9.84 Å². The third kappa shape index (κ3) is 5.60. The number of hydrogen-bond acceptors (Lipinski definition) is 3. The van der Waals surface area contributed by atoms with Gasteiger partial charge in [-0.15, -0.1) is 0 Å². The molecule has 1 N–H and O–H groups in total. The van der Waals surface area contributed by atoms with Gasteiger partial charge in [0.15, 0.2) is 9.84 Å². The summed E-state index contributed by atoms with van der Waals surface area (Å²) in [6.07, 6.45) is 0.761. The maximum Gasteiger partial charge on any atom is 0.151 e. The van der Waals surface area contributed by atoms with Gasteiger partial charge in [-0.1, -0.05) is 19.1 Å². The lowest BCUT2D eigenvalue weighted by Crippen LogP contribution is -2.34. The summed E-state index contributed by atoms with van der Waals surface area (Å²) >= 11 is 0. The van der Waals surface area contributed by atoms with Gasteiger partial charge in [0.25, 0.3) is 0 Å². The van der Waals surface area contributed by atoms with E-state index in [9.17, 15) is 12.8 Å². The smallest absolute Gasteiger partial charge is 0.151 e. The fourth-order valence-electron chi connectivity index (χ4n) is 1.67. The lowest BCUT2D eigenvalue weighted by molar-refractivity contribution is 0.558. The van der Waals surface area contributed by atoms with Crippen molar-refractivity contribution in [3.63, 3.8) is 0 Å². The minimum Gasteiger partial charge on any atom is -0.313 e. The fourth-order valence-corrected chi connectivity index (χ4v) is 2.79. The normalized spacial score (nSPS) is 13.5. The molecule has 0 saturated carbocycles. The number of rotatable bonds is 7. The van der Waals surface area contributed by atoms with E-state index in [0.29, 0.717) is 6.54 Å². The second kappa shape index (κ2) is 6.85. The Balaban J connectivity index is 2.31. The molecule has 0 aliphatic rings. The van der Waals surface area contributed by atoms with Gasteiger partial charge in [-0.2, -0.15) is 0 Å². The molecule has 0 aromatic heterocycles. The Kier molecular flexibility index (Phi) is 5.75. The van der Waals surface area contributed by atoms with E-state index in [-0.39, 0.29) is 23.4 Å². The molecule has 1 aromatic rings. The van der Waals surface area contributed by atoms with Gasteiger partial charge in [0.2, 0.25) is 0 Å². The molecule has 0 fully saturated rings. The highest BCUT2D eigenvalue weighted by atomic mass is 32.2. The summed E-state index contributed by atoms with van der Waals surface area (Å²) in [6.45, 7) is 4.20. The Labute approximate surface area is 108 Å². The van der Waals surface area contributed by atoms with Crippen molar-refractivity contribution < 1.29 is 12.8 Å². The van der Waals surface area contributed by atoms with Gasteiger partial charge in [-0.25, -0.2) is 12.8 Å². The maximum atomic E-state index is 12.7. The average molecular weight is 273 g/mol. The van der Waals surface area contributed by atoms with Crippen molar-refractivity contribution in [2.24, 2.45) is 0 Å². The Morgan fingerprint density at radius 3 is 2.44 bits per heavy atom. The van der Waals surface area contributed by atoms with E-state index in [0.717, 1.165) is 12.0 Å². The van der Waals surface area contributed by atoms with Gasteiger partial charge < -0.3 is 5.32 Å². The van der Waals surface area contributed by atoms with E-state index in [1.54, 1.807) is 19.1 Å². The first-order chi connectivity index (χ1) is 8.43. The molecule has 1 atom stereocenters. The van der Waals surface area contributed by atoms with E-state index in [4.69, 9.17) is 0 Å². The van der Waals surface area contributed by atoms with E-state index >= 15 is 0 Å². The van der Waals surface area contributed by atoms with Crippen molar-refractivity contribution in [3.05, 3.63) is 35.6 Å². The molecule has 5 heteroatoms. The van der Waals surface area contributed by atoms with Crippen LogP contribution in [0.3, 0.4) is 0 Å². The summed E-state index contributed by atoms with van der Waals surface area (Å²) in [5.74, 6) is 0.0956. The predicted octanol–water partition coefficient (Wildman–Crippen LogP) is 1.78. The van der Waals surface area contributed by atoms with Crippen LogP contribution in [0.25, 0.3) is 0 Å². The molecular formula is C13H20FNO2S. The van der Waals surface area contributed by atoms with E-state index in [1.807, 2.05) is 6.92 Å². The molecule has 3 nitrogen and oxygen atoms in total. The number of halogens is 1. The molecular weight excluding hydrogens is 253 g/mol. The van der Waals surface area contributed by atoms with Crippen molar-refractivity contribution in [1.29, 1.82) is 0 Å². The Hall–Kier alpha value is -0.940. The van der Waals surface area contributed by atoms with Gasteiger partial charge in [0.05, 0.1) is 5.75 Å². The molecule has 0 spiro atoms. The average Bonchev–Trinajstić information content (AvgIpc) is 2.31. The molecule has 18 heavy (non-hydrogen) atoms. The first kappa shape index (κ1) is 15.1. The number of sulfone groups is 1. The van der Waals surface area contributed by atoms with E-state index in [1.165, 1.54) is 12.1 Å². The highest BCUT2D eigenvalue weighted by Crippen LogP contribution is 2.03. The van der Waals surface area contributed by atoms with Gasteiger partial charge >= 0.3 is 0 Å². The maximum absolute atomic E-state index is 12.7. The van der Waals surface area contributed by atoms with Crippen LogP contribution in [0.4, 0.5) is 4.39 Å². The van der Waals surface area contributed by atoms with Crippen molar-refractivity contribution in [2.75, 3.05) is 18.1 Å². The SMILES string of the molecule is CCS(=O)(=O)CC(C)NCCc1ccc(F)cc1. The lowest BCUT2D eigenvalue weighted by atomic mass is 10.1. The molecule has 0 amide bonds. The van der Waals surface area contributed by atoms with Crippen LogP contribution in [0.5, 0.6) is 0 Å².